The molecule has 1 aromatic carbocycles. The Bertz CT molecular complexity index is 1050. The van der Waals surface area contributed by atoms with Crippen molar-refractivity contribution in [1.82, 2.24) is 15.0 Å². The quantitative estimate of drug-likeness (QED) is 0.425. The summed E-state index contributed by atoms with van der Waals surface area (Å²) in [6, 6.07) is 7.58. The molecule has 0 aliphatic carbocycles. The van der Waals surface area contributed by atoms with Gasteiger partial charge in [-0.3, -0.25) is 0 Å². The van der Waals surface area contributed by atoms with Crippen molar-refractivity contribution < 1.29 is 17.9 Å². The molecular weight excluding hydrogens is 485 g/mol. The highest BCUT2D eigenvalue weighted by Crippen LogP contribution is 2.32. The van der Waals surface area contributed by atoms with Crippen molar-refractivity contribution in [2.75, 3.05) is 11.9 Å². The van der Waals surface area contributed by atoms with Gasteiger partial charge in [0.15, 0.2) is 0 Å². The van der Waals surface area contributed by atoms with Gasteiger partial charge in [-0.2, -0.15) is 13.2 Å². The van der Waals surface area contributed by atoms with Crippen molar-refractivity contribution in [3.05, 3.63) is 68.7 Å². The van der Waals surface area contributed by atoms with Crippen molar-refractivity contribution in [2.45, 2.75) is 26.4 Å². The van der Waals surface area contributed by atoms with Crippen molar-refractivity contribution in [3.63, 3.8) is 0 Å². The molecule has 0 saturated heterocycles. The zero-order chi connectivity index (χ0) is 21.9. The largest absolute Gasteiger partial charge is 0.438 e. The van der Waals surface area contributed by atoms with Crippen LogP contribution in [0.15, 0.2) is 41.0 Å². The number of aromatic nitrogens is 3. The van der Waals surface area contributed by atoms with Crippen molar-refractivity contribution in [3.8, 4) is 11.6 Å². The van der Waals surface area contributed by atoms with Crippen LogP contribution in [0.1, 0.15) is 22.6 Å². The molecule has 0 saturated carbocycles. The summed E-state index contributed by atoms with van der Waals surface area (Å²) < 4.78 is 44.1. The van der Waals surface area contributed by atoms with Crippen LogP contribution in [-0.2, 0) is 12.6 Å². The molecule has 0 bridgehead atoms. The SMILES string of the molecule is Cc1nc(C)c(Cl)c(NCCc2ccc(Oc3ccc(C(F)(F)F)cn3)c(Br)c2)n1. The van der Waals surface area contributed by atoms with Gasteiger partial charge in [0.05, 0.1) is 15.7 Å². The summed E-state index contributed by atoms with van der Waals surface area (Å²) in [5, 5.41) is 3.70. The summed E-state index contributed by atoms with van der Waals surface area (Å²) in [5.41, 5.74) is 0.902. The van der Waals surface area contributed by atoms with E-state index in [1.54, 1.807) is 13.0 Å². The molecule has 3 aromatic rings. The van der Waals surface area contributed by atoms with Gasteiger partial charge in [0.1, 0.15) is 22.4 Å². The van der Waals surface area contributed by atoms with Crippen LogP contribution in [0.25, 0.3) is 0 Å². The molecule has 2 heterocycles. The Kier molecular flexibility index (Phi) is 6.82. The fourth-order valence-corrected chi connectivity index (χ4v) is 3.30. The molecule has 0 aliphatic rings. The van der Waals surface area contributed by atoms with Gasteiger partial charge in [-0.1, -0.05) is 17.7 Å². The topological polar surface area (TPSA) is 59.9 Å². The molecule has 158 valence electrons. The van der Waals surface area contributed by atoms with Crippen LogP contribution < -0.4 is 10.1 Å². The molecule has 0 fully saturated rings. The molecule has 0 atom stereocenters. The predicted molar refractivity (Wildman–Crippen MR) is 112 cm³/mol. The zero-order valence-corrected chi connectivity index (χ0v) is 18.4. The maximum absolute atomic E-state index is 12.6. The third-order valence-corrected chi connectivity index (χ3v) is 5.18. The van der Waals surface area contributed by atoms with E-state index in [1.807, 2.05) is 19.1 Å². The van der Waals surface area contributed by atoms with E-state index in [9.17, 15) is 13.2 Å². The number of pyridine rings is 1. The summed E-state index contributed by atoms with van der Waals surface area (Å²) in [4.78, 5) is 12.2. The summed E-state index contributed by atoms with van der Waals surface area (Å²) in [6.45, 7) is 4.22. The molecule has 3 rings (SSSR count). The lowest BCUT2D eigenvalue weighted by Gasteiger charge is -2.12. The number of nitrogens with zero attached hydrogens (tertiary/aromatic N) is 3. The van der Waals surface area contributed by atoms with E-state index in [2.05, 4.69) is 36.2 Å². The lowest BCUT2D eigenvalue weighted by Crippen LogP contribution is -2.09. The predicted octanol–water partition coefficient (Wildman–Crippen LogP) is 6.37. The Morgan fingerprint density at radius 2 is 1.90 bits per heavy atom. The van der Waals surface area contributed by atoms with E-state index in [0.717, 1.165) is 17.8 Å². The minimum atomic E-state index is -4.44. The molecular formula is C20H17BrClF3N4O. The van der Waals surface area contributed by atoms with Gasteiger partial charge in [0, 0.05) is 18.8 Å². The van der Waals surface area contributed by atoms with Gasteiger partial charge >= 0.3 is 6.18 Å². The molecule has 0 spiro atoms. The number of ether oxygens (including phenoxy) is 1. The second-order valence-electron chi connectivity index (χ2n) is 6.45. The lowest BCUT2D eigenvalue weighted by atomic mass is 10.1. The first kappa shape index (κ1) is 22.3. The number of aryl methyl sites for hydroxylation is 2. The highest BCUT2D eigenvalue weighted by molar-refractivity contribution is 9.10. The number of alkyl halides is 3. The first-order valence-electron chi connectivity index (χ1n) is 8.87. The van der Waals surface area contributed by atoms with E-state index < -0.39 is 11.7 Å². The number of hydrogen-bond acceptors (Lipinski definition) is 5. The van der Waals surface area contributed by atoms with E-state index in [1.165, 1.54) is 6.07 Å². The van der Waals surface area contributed by atoms with Gasteiger partial charge in [-0.15, -0.1) is 0 Å². The summed E-state index contributed by atoms with van der Waals surface area (Å²) >= 11 is 9.65. The van der Waals surface area contributed by atoms with Gasteiger partial charge in [-0.05, 0) is 60.0 Å². The van der Waals surface area contributed by atoms with Crippen LogP contribution in [0.5, 0.6) is 11.6 Å². The van der Waals surface area contributed by atoms with Crippen LogP contribution >= 0.6 is 27.5 Å². The first-order chi connectivity index (χ1) is 14.1. The summed E-state index contributed by atoms with van der Waals surface area (Å²) in [7, 11) is 0. The highest BCUT2D eigenvalue weighted by Gasteiger charge is 2.30. The number of anilines is 1. The number of halogens is 5. The Morgan fingerprint density at radius 3 is 2.53 bits per heavy atom. The van der Waals surface area contributed by atoms with E-state index in [4.69, 9.17) is 16.3 Å². The lowest BCUT2D eigenvalue weighted by molar-refractivity contribution is -0.137. The fourth-order valence-electron chi connectivity index (χ4n) is 2.65. The Labute approximate surface area is 184 Å². The van der Waals surface area contributed by atoms with Gasteiger partial charge in [0.25, 0.3) is 0 Å². The molecule has 0 unspecified atom stereocenters. The molecule has 2 aromatic heterocycles. The smallest absolute Gasteiger partial charge is 0.417 e. The maximum atomic E-state index is 12.6. The van der Waals surface area contributed by atoms with Crippen molar-refractivity contribution in [1.29, 1.82) is 0 Å². The summed E-state index contributed by atoms with van der Waals surface area (Å²) in [6.07, 6.45) is -3.00. The van der Waals surface area contributed by atoms with Crippen molar-refractivity contribution >= 4 is 33.3 Å². The highest BCUT2D eigenvalue weighted by atomic mass is 79.9. The maximum Gasteiger partial charge on any atom is 0.417 e. The average Bonchev–Trinajstić information content (AvgIpc) is 2.67. The first-order valence-corrected chi connectivity index (χ1v) is 10.0. The number of rotatable bonds is 6. The minimum Gasteiger partial charge on any atom is -0.438 e. The van der Waals surface area contributed by atoms with Crippen LogP contribution in [0.3, 0.4) is 0 Å². The van der Waals surface area contributed by atoms with Crippen LogP contribution in [-0.4, -0.2) is 21.5 Å². The Balaban J connectivity index is 1.61. The van der Waals surface area contributed by atoms with Crippen LogP contribution in [0.4, 0.5) is 19.0 Å². The standard InChI is InChI=1S/C20H17BrClF3N4O/c1-11-18(22)19(29-12(2)28-11)26-8-7-13-3-5-16(15(21)9-13)30-17-6-4-14(10-27-17)20(23,24)25/h3-6,9-10H,7-8H2,1-2H3,(H,26,28,29). The van der Waals surface area contributed by atoms with Gasteiger partial charge in [-0.25, -0.2) is 15.0 Å². The van der Waals surface area contributed by atoms with Crippen LogP contribution in [0, 0.1) is 13.8 Å². The third kappa shape index (κ3) is 5.60. The second kappa shape index (κ2) is 9.18. The number of benzene rings is 1. The third-order valence-electron chi connectivity index (χ3n) is 4.11. The Morgan fingerprint density at radius 1 is 1.13 bits per heavy atom. The number of nitrogens with one attached hydrogen (secondary N) is 1. The fraction of sp³-hybridized carbons (Fsp3) is 0.250. The summed E-state index contributed by atoms with van der Waals surface area (Å²) in [5.74, 6) is 1.75. The van der Waals surface area contributed by atoms with E-state index in [0.29, 0.717) is 45.5 Å². The van der Waals surface area contributed by atoms with Crippen LogP contribution in [0.2, 0.25) is 5.02 Å². The normalized spacial score (nSPS) is 11.4. The molecule has 10 heteroatoms. The molecule has 0 amide bonds. The van der Waals surface area contributed by atoms with E-state index in [-0.39, 0.29) is 5.88 Å². The molecule has 0 radical (unpaired) electrons. The Hall–Kier alpha value is -2.39. The average molecular weight is 502 g/mol. The minimum absolute atomic E-state index is 0.0715. The van der Waals surface area contributed by atoms with E-state index >= 15 is 0 Å². The van der Waals surface area contributed by atoms with Gasteiger partial charge in [0.2, 0.25) is 5.88 Å². The molecule has 1 N–H and O–H groups in total. The molecule has 5 nitrogen and oxygen atoms in total. The molecule has 30 heavy (non-hydrogen) atoms. The second-order valence-corrected chi connectivity index (χ2v) is 7.68. The molecule has 0 aliphatic heterocycles. The van der Waals surface area contributed by atoms with Gasteiger partial charge < -0.3 is 10.1 Å². The van der Waals surface area contributed by atoms with Crippen molar-refractivity contribution in [2.24, 2.45) is 0 Å². The monoisotopic (exact) mass is 500 g/mol. The number of hydrogen-bond donors (Lipinski definition) is 1. The zero-order valence-electron chi connectivity index (χ0n) is 16.0.